The molecule has 29 heavy (non-hydrogen) atoms. The first-order valence-corrected chi connectivity index (χ1v) is 9.51. The molecule has 1 fully saturated rings. The lowest BCUT2D eigenvalue weighted by Gasteiger charge is -2.46. The van der Waals surface area contributed by atoms with E-state index in [1.807, 2.05) is 47.4 Å². The van der Waals surface area contributed by atoms with Crippen LogP contribution in [0.1, 0.15) is 29.2 Å². The highest BCUT2D eigenvalue weighted by atomic mass is 19.4. The molecule has 2 aromatic carbocycles. The molecular formula is C22H21F3N2O2. The van der Waals surface area contributed by atoms with Crippen LogP contribution in [0.3, 0.4) is 0 Å². The largest absolute Gasteiger partial charge is 0.416 e. The number of carbonyl (C=O) groups excluding carboxylic acids is 1. The van der Waals surface area contributed by atoms with Gasteiger partial charge in [0, 0.05) is 13.0 Å². The molecule has 0 N–H and O–H groups in total. The van der Waals surface area contributed by atoms with Crippen molar-refractivity contribution in [2.75, 3.05) is 13.2 Å². The summed E-state index contributed by atoms with van der Waals surface area (Å²) in [7, 11) is 0. The second-order valence-corrected chi connectivity index (χ2v) is 7.24. The van der Waals surface area contributed by atoms with Crippen LogP contribution in [0.15, 0.2) is 66.7 Å². The van der Waals surface area contributed by atoms with Crippen molar-refractivity contribution in [2.24, 2.45) is 0 Å². The van der Waals surface area contributed by atoms with Crippen molar-refractivity contribution in [2.45, 2.75) is 31.2 Å². The third-order valence-corrected chi connectivity index (χ3v) is 5.23. The highest BCUT2D eigenvalue weighted by Gasteiger charge is 2.40. The van der Waals surface area contributed by atoms with Gasteiger partial charge >= 0.3 is 6.18 Å². The number of hydroxylamine groups is 2. The Morgan fingerprint density at radius 2 is 1.90 bits per heavy atom. The van der Waals surface area contributed by atoms with Crippen LogP contribution < -0.4 is 0 Å². The molecule has 2 aliphatic rings. The van der Waals surface area contributed by atoms with Crippen LogP contribution in [0.5, 0.6) is 0 Å². The lowest BCUT2D eigenvalue weighted by molar-refractivity contribution is -0.254. The molecule has 2 unspecified atom stereocenters. The maximum Gasteiger partial charge on any atom is 0.416 e. The molecule has 2 heterocycles. The zero-order chi connectivity index (χ0) is 20.4. The maximum atomic E-state index is 13.1. The number of halogens is 3. The van der Waals surface area contributed by atoms with Gasteiger partial charge in [0.25, 0.3) is 0 Å². The fourth-order valence-electron chi connectivity index (χ4n) is 3.80. The van der Waals surface area contributed by atoms with Crippen LogP contribution in [-0.2, 0) is 22.2 Å². The fraction of sp³-hybridized carbons (Fsp3) is 0.318. The summed E-state index contributed by atoms with van der Waals surface area (Å²) < 4.78 is 39.3. The smallest absolute Gasteiger partial charge is 0.273 e. The van der Waals surface area contributed by atoms with Crippen LogP contribution in [0.4, 0.5) is 13.2 Å². The van der Waals surface area contributed by atoms with E-state index in [0.29, 0.717) is 24.9 Å². The molecule has 7 heteroatoms. The number of aryl methyl sites for hydroxylation is 1. The zero-order valence-electron chi connectivity index (χ0n) is 15.7. The Balaban J connectivity index is 1.47. The number of hydrogen-bond acceptors (Lipinski definition) is 3. The van der Waals surface area contributed by atoms with Crippen molar-refractivity contribution in [3.05, 3.63) is 83.4 Å². The average molecular weight is 402 g/mol. The zero-order valence-corrected chi connectivity index (χ0v) is 15.7. The first-order valence-electron chi connectivity index (χ1n) is 9.51. The van der Waals surface area contributed by atoms with Crippen LogP contribution in [-0.4, -0.2) is 35.2 Å². The first kappa shape index (κ1) is 19.7. The van der Waals surface area contributed by atoms with Gasteiger partial charge in [0.05, 0.1) is 11.6 Å². The second kappa shape index (κ2) is 8.00. The Bertz CT molecular complexity index is 898. The summed E-state index contributed by atoms with van der Waals surface area (Å²) in [5.41, 5.74) is 0.922. The Hall–Kier alpha value is -2.64. The van der Waals surface area contributed by atoms with E-state index in [1.54, 1.807) is 6.07 Å². The molecule has 1 amide bonds. The van der Waals surface area contributed by atoms with Crippen molar-refractivity contribution in [3.63, 3.8) is 0 Å². The highest BCUT2D eigenvalue weighted by molar-refractivity contribution is 5.75. The van der Waals surface area contributed by atoms with Gasteiger partial charge in [0.15, 0.2) is 0 Å². The number of fused-ring (bicyclic) bond motifs is 2. The van der Waals surface area contributed by atoms with Crippen molar-refractivity contribution < 1.29 is 22.8 Å². The fourth-order valence-corrected chi connectivity index (χ4v) is 3.80. The van der Waals surface area contributed by atoms with Crippen molar-refractivity contribution in [1.29, 1.82) is 0 Å². The molecule has 4 nitrogen and oxygen atoms in total. The van der Waals surface area contributed by atoms with E-state index in [4.69, 9.17) is 4.84 Å². The number of rotatable bonds is 4. The van der Waals surface area contributed by atoms with E-state index in [0.717, 1.165) is 11.6 Å². The third kappa shape index (κ3) is 4.36. The van der Waals surface area contributed by atoms with E-state index in [-0.39, 0.29) is 18.6 Å². The highest BCUT2D eigenvalue weighted by Crippen LogP contribution is 2.37. The molecule has 0 saturated carbocycles. The van der Waals surface area contributed by atoms with E-state index < -0.39 is 17.8 Å². The number of hydrogen-bond donors (Lipinski definition) is 0. The summed E-state index contributed by atoms with van der Waals surface area (Å²) in [4.78, 5) is 20.5. The molecule has 0 radical (unpaired) electrons. The van der Waals surface area contributed by atoms with Gasteiger partial charge in [-0.1, -0.05) is 54.6 Å². The number of alkyl halides is 3. The monoisotopic (exact) mass is 402 g/mol. The van der Waals surface area contributed by atoms with E-state index >= 15 is 0 Å². The van der Waals surface area contributed by atoms with Crippen LogP contribution in [0, 0.1) is 0 Å². The Kier molecular flexibility index (Phi) is 5.43. The van der Waals surface area contributed by atoms with E-state index in [2.05, 4.69) is 0 Å². The molecule has 0 aromatic heterocycles. The van der Waals surface area contributed by atoms with Gasteiger partial charge in [-0.05, 0) is 29.7 Å². The lowest BCUT2D eigenvalue weighted by Crippen LogP contribution is -2.55. The standard InChI is InChI=1S/C22H21F3N2O2/c23-22(24,25)18-9-4-8-17(14-18)21-19-10-5-13-26(21)15-27(29-19)20(28)12-11-16-6-2-1-3-7-16/h1-10,14,19,21H,11-13,15H2/t19-,21?/m0/s1. The van der Waals surface area contributed by atoms with Gasteiger partial charge in [0.1, 0.15) is 12.8 Å². The Morgan fingerprint density at radius 3 is 2.62 bits per heavy atom. The molecule has 0 spiro atoms. The van der Waals surface area contributed by atoms with Gasteiger partial charge in [0.2, 0.25) is 5.91 Å². The number of benzene rings is 2. The summed E-state index contributed by atoms with van der Waals surface area (Å²) >= 11 is 0. The minimum atomic E-state index is -4.40. The Morgan fingerprint density at radius 1 is 1.10 bits per heavy atom. The number of amides is 1. The molecule has 2 aromatic rings. The average Bonchev–Trinajstić information content (AvgIpc) is 2.71. The molecule has 4 rings (SSSR count). The summed E-state index contributed by atoms with van der Waals surface area (Å²) in [6, 6.07) is 14.7. The maximum absolute atomic E-state index is 13.1. The molecule has 152 valence electrons. The summed E-state index contributed by atoms with van der Waals surface area (Å²) in [6.45, 7) is 0.763. The van der Waals surface area contributed by atoms with Gasteiger partial charge in [-0.2, -0.15) is 13.2 Å². The van der Waals surface area contributed by atoms with Crippen molar-refractivity contribution in [1.82, 2.24) is 9.96 Å². The van der Waals surface area contributed by atoms with Gasteiger partial charge in [-0.25, -0.2) is 5.06 Å². The summed E-state index contributed by atoms with van der Waals surface area (Å²) in [5, 5.41) is 1.33. The lowest BCUT2D eigenvalue weighted by atomic mass is 9.94. The van der Waals surface area contributed by atoms with Crippen LogP contribution >= 0.6 is 0 Å². The molecule has 0 aliphatic carbocycles. The van der Waals surface area contributed by atoms with E-state index in [1.165, 1.54) is 17.2 Å². The molecule has 2 aliphatic heterocycles. The number of nitrogens with zero attached hydrogens (tertiary/aromatic N) is 2. The van der Waals surface area contributed by atoms with E-state index in [9.17, 15) is 18.0 Å². The SMILES string of the molecule is O=C(CCc1ccccc1)N1CN2CC=C[C@H](O1)C2c1cccc(C(F)(F)F)c1. The Labute approximate surface area is 167 Å². The predicted octanol–water partition coefficient (Wildman–Crippen LogP) is 4.35. The van der Waals surface area contributed by atoms with Gasteiger partial charge < -0.3 is 0 Å². The molecule has 1 saturated heterocycles. The molecule has 2 bridgehead atoms. The van der Waals surface area contributed by atoms with Gasteiger partial charge in [-0.3, -0.25) is 14.5 Å². The second-order valence-electron chi connectivity index (χ2n) is 7.24. The first-order chi connectivity index (χ1) is 13.9. The summed E-state index contributed by atoms with van der Waals surface area (Å²) in [5.74, 6) is -0.137. The minimum Gasteiger partial charge on any atom is -0.273 e. The third-order valence-electron chi connectivity index (χ3n) is 5.23. The molecule has 3 atom stereocenters. The van der Waals surface area contributed by atoms with Crippen molar-refractivity contribution >= 4 is 5.91 Å². The number of carbonyl (C=O) groups is 1. The van der Waals surface area contributed by atoms with Crippen molar-refractivity contribution in [3.8, 4) is 0 Å². The van der Waals surface area contributed by atoms with Crippen LogP contribution in [0.25, 0.3) is 0 Å². The normalized spacial score (nSPS) is 23.8. The van der Waals surface area contributed by atoms with Gasteiger partial charge in [-0.15, -0.1) is 0 Å². The quantitative estimate of drug-likeness (QED) is 0.713. The summed E-state index contributed by atoms with van der Waals surface area (Å²) in [6.07, 6.45) is -0.259. The molecular weight excluding hydrogens is 381 g/mol. The predicted molar refractivity (Wildman–Crippen MR) is 101 cm³/mol. The minimum absolute atomic E-state index is 0.137. The topological polar surface area (TPSA) is 32.8 Å². The van der Waals surface area contributed by atoms with Crippen LogP contribution in [0.2, 0.25) is 0 Å².